The third-order valence-electron chi connectivity index (χ3n) is 3.65. The van der Waals surface area contributed by atoms with E-state index in [1.807, 2.05) is 31.2 Å². The van der Waals surface area contributed by atoms with Gasteiger partial charge in [-0.2, -0.15) is 0 Å². The van der Waals surface area contributed by atoms with Crippen molar-refractivity contribution < 1.29 is 19.1 Å². The number of rotatable bonds is 4. The van der Waals surface area contributed by atoms with Crippen molar-refractivity contribution in [2.24, 2.45) is 0 Å². The fourth-order valence-electron chi connectivity index (χ4n) is 2.54. The highest BCUT2D eigenvalue weighted by molar-refractivity contribution is 5.85. The molecule has 5 nitrogen and oxygen atoms in total. The lowest BCUT2D eigenvalue weighted by Gasteiger charge is -2.33. The summed E-state index contributed by atoms with van der Waals surface area (Å²) in [5, 5.41) is 0. The number of carbonyl (C=O) groups is 2. The molecule has 1 amide bonds. The number of carbonyl (C=O) groups excluding carboxylic acids is 2. The Bertz CT molecular complexity index is 515. The van der Waals surface area contributed by atoms with Gasteiger partial charge >= 0.3 is 5.97 Å². The molecule has 0 radical (unpaired) electrons. The Kier molecular flexibility index (Phi) is 5.20. The largest absolute Gasteiger partial charge is 0.484 e. The van der Waals surface area contributed by atoms with Crippen LogP contribution in [-0.2, 0) is 14.3 Å². The molecule has 2 rings (SSSR count). The minimum atomic E-state index is -0.475. The maximum atomic E-state index is 12.3. The first-order chi connectivity index (χ1) is 10.1. The van der Waals surface area contributed by atoms with Crippen LogP contribution >= 0.6 is 0 Å². The van der Waals surface area contributed by atoms with Crippen LogP contribution in [0.3, 0.4) is 0 Å². The van der Waals surface area contributed by atoms with Gasteiger partial charge in [0, 0.05) is 6.54 Å². The Morgan fingerprint density at radius 3 is 2.86 bits per heavy atom. The van der Waals surface area contributed by atoms with E-state index < -0.39 is 6.04 Å². The quantitative estimate of drug-likeness (QED) is 0.795. The van der Waals surface area contributed by atoms with Crippen molar-refractivity contribution in [3.8, 4) is 5.75 Å². The van der Waals surface area contributed by atoms with Gasteiger partial charge in [0.25, 0.3) is 5.91 Å². The Labute approximate surface area is 124 Å². The van der Waals surface area contributed by atoms with E-state index in [0.29, 0.717) is 18.7 Å². The second kappa shape index (κ2) is 7.11. The van der Waals surface area contributed by atoms with Crippen molar-refractivity contribution in [1.82, 2.24) is 4.90 Å². The molecule has 0 saturated carbocycles. The van der Waals surface area contributed by atoms with Gasteiger partial charge in [-0.1, -0.05) is 12.1 Å². The molecule has 1 aromatic carbocycles. The van der Waals surface area contributed by atoms with Crippen molar-refractivity contribution in [3.63, 3.8) is 0 Å². The number of methoxy groups -OCH3 is 1. The molecule has 114 valence electrons. The summed E-state index contributed by atoms with van der Waals surface area (Å²) in [5.41, 5.74) is 1.07. The van der Waals surface area contributed by atoms with Gasteiger partial charge in [-0.15, -0.1) is 0 Å². The lowest BCUT2D eigenvalue weighted by molar-refractivity contribution is -0.155. The highest BCUT2D eigenvalue weighted by Crippen LogP contribution is 2.19. The molecule has 1 saturated heterocycles. The van der Waals surface area contributed by atoms with E-state index in [0.717, 1.165) is 18.4 Å². The van der Waals surface area contributed by atoms with E-state index in [1.165, 1.54) is 7.11 Å². The van der Waals surface area contributed by atoms with E-state index in [4.69, 9.17) is 9.47 Å². The number of piperidine rings is 1. The maximum absolute atomic E-state index is 12.3. The van der Waals surface area contributed by atoms with Crippen molar-refractivity contribution in [3.05, 3.63) is 29.8 Å². The number of nitrogens with zero attached hydrogens (tertiary/aromatic N) is 1. The number of hydrogen-bond acceptors (Lipinski definition) is 4. The molecule has 1 aliphatic rings. The van der Waals surface area contributed by atoms with Crippen LogP contribution in [0.25, 0.3) is 0 Å². The Balaban J connectivity index is 1.96. The summed E-state index contributed by atoms with van der Waals surface area (Å²) in [6.45, 7) is 2.49. The van der Waals surface area contributed by atoms with Gasteiger partial charge in [-0.05, 0) is 43.9 Å². The smallest absolute Gasteiger partial charge is 0.328 e. The van der Waals surface area contributed by atoms with Gasteiger partial charge < -0.3 is 14.4 Å². The van der Waals surface area contributed by atoms with Gasteiger partial charge in [-0.3, -0.25) is 4.79 Å². The number of hydrogen-bond donors (Lipinski definition) is 0. The van der Waals surface area contributed by atoms with Gasteiger partial charge in [-0.25, -0.2) is 4.79 Å². The first-order valence-electron chi connectivity index (χ1n) is 7.18. The third-order valence-corrected chi connectivity index (χ3v) is 3.65. The van der Waals surface area contributed by atoms with Crippen LogP contribution in [0, 0.1) is 6.92 Å². The first-order valence-corrected chi connectivity index (χ1v) is 7.18. The molecule has 1 fully saturated rings. The van der Waals surface area contributed by atoms with Crippen molar-refractivity contribution >= 4 is 11.9 Å². The summed E-state index contributed by atoms with van der Waals surface area (Å²) in [4.78, 5) is 25.6. The fraction of sp³-hybridized carbons (Fsp3) is 0.500. The van der Waals surface area contributed by atoms with Gasteiger partial charge in [0.2, 0.25) is 0 Å². The van der Waals surface area contributed by atoms with Gasteiger partial charge in [0.05, 0.1) is 7.11 Å². The molecule has 1 heterocycles. The zero-order valence-corrected chi connectivity index (χ0v) is 12.5. The minimum absolute atomic E-state index is 0.0586. The van der Waals surface area contributed by atoms with E-state index in [2.05, 4.69) is 0 Å². The maximum Gasteiger partial charge on any atom is 0.328 e. The van der Waals surface area contributed by atoms with Gasteiger partial charge in [0.1, 0.15) is 11.8 Å². The normalized spacial score (nSPS) is 18.2. The van der Waals surface area contributed by atoms with Crippen LogP contribution < -0.4 is 4.74 Å². The van der Waals surface area contributed by atoms with Crippen LogP contribution in [0.15, 0.2) is 24.3 Å². The molecule has 0 spiro atoms. The minimum Gasteiger partial charge on any atom is -0.484 e. The molecule has 0 N–H and O–H groups in total. The van der Waals surface area contributed by atoms with Crippen molar-refractivity contribution in [2.45, 2.75) is 32.2 Å². The molecule has 21 heavy (non-hydrogen) atoms. The lowest BCUT2D eigenvalue weighted by atomic mass is 10.0. The number of likely N-dealkylation sites (tertiary alicyclic amines) is 1. The van der Waals surface area contributed by atoms with E-state index in [-0.39, 0.29) is 18.5 Å². The molecule has 1 aromatic rings. The average Bonchev–Trinajstić information content (AvgIpc) is 2.52. The third kappa shape index (κ3) is 3.97. The Morgan fingerprint density at radius 2 is 2.14 bits per heavy atom. The molecule has 5 heteroatoms. The molecule has 0 bridgehead atoms. The SMILES string of the molecule is COC(=O)C1CCCCN1C(=O)COc1cccc(C)c1. The standard InChI is InChI=1S/C16H21NO4/c1-12-6-5-7-13(10-12)21-11-15(18)17-9-4-3-8-14(17)16(19)20-2/h5-7,10,14H,3-4,8-9,11H2,1-2H3. The molecule has 0 aromatic heterocycles. The zero-order valence-electron chi connectivity index (χ0n) is 12.5. The lowest BCUT2D eigenvalue weighted by Crippen LogP contribution is -2.50. The van der Waals surface area contributed by atoms with Crippen molar-refractivity contribution in [2.75, 3.05) is 20.3 Å². The summed E-state index contributed by atoms with van der Waals surface area (Å²) in [6, 6.07) is 7.06. The first kappa shape index (κ1) is 15.4. The van der Waals surface area contributed by atoms with Crippen LogP contribution in [0.5, 0.6) is 5.75 Å². The Hall–Kier alpha value is -2.04. The monoisotopic (exact) mass is 291 g/mol. The molecule has 1 unspecified atom stereocenters. The number of amides is 1. The molecular weight excluding hydrogens is 270 g/mol. The summed E-state index contributed by atoms with van der Waals surface area (Å²) < 4.78 is 10.3. The summed E-state index contributed by atoms with van der Waals surface area (Å²) >= 11 is 0. The molecular formula is C16H21NO4. The van der Waals surface area contributed by atoms with Crippen LogP contribution in [-0.4, -0.2) is 43.1 Å². The van der Waals surface area contributed by atoms with Crippen molar-refractivity contribution in [1.29, 1.82) is 0 Å². The molecule has 1 aliphatic heterocycles. The molecule has 0 aliphatic carbocycles. The fourth-order valence-corrected chi connectivity index (χ4v) is 2.54. The summed E-state index contributed by atoms with van der Waals surface area (Å²) in [6.07, 6.45) is 2.49. The summed E-state index contributed by atoms with van der Waals surface area (Å²) in [7, 11) is 1.35. The van der Waals surface area contributed by atoms with Crippen LogP contribution in [0.1, 0.15) is 24.8 Å². The van der Waals surface area contributed by atoms with E-state index in [1.54, 1.807) is 4.90 Å². The molecule has 1 atom stereocenters. The van der Waals surface area contributed by atoms with Gasteiger partial charge in [0.15, 0.2) is 6.61 Å². The highest BCUT2D eigenvalue weighted by Gasteiger charge is 2.32. The second-order valence-corrected chi connectivity index (χ2v) is 5.23. The number of aryl methyl sites for hydroxylation is 1. The topological polar surface area (TPSA) is 55.8 Å². The predicted octanol–water partition coefficient (Wildman–Crippen LogP) is 1.93. The number of esters is 1. The van der Waals surface area contributed by atoms with E-state index in [9.17, 15) is 9.59 Å². The number of ether oxygens (including phenoxy) is 2. The summed E-state index contributed by atoms with van der Waals surface area (Å²) in [5.74, 6) is 0.139. The average molecular weight is 291 g/mol. The Morgan fingerprint density at radius 1 is 1.33 bits per heavy atom. The zero-order chi connectivity index (χ0) is 15.2. The van der Waals surface area contributed by atoms with E-state index >= 15 is 0 Å². The number of benzene rings is 1. The van der Waals surface area contributed by atoms with Crippen LogP contribution in [0.2, 0.25) is 0 Å². The second-order valence-electron chi connectivity index (χ2n) is 5.23. The highest BCUT2D eigenvalue weighted by atomic mass is 16.5. The predicted molar refractivity (Wildman–Crippen MR) is 78.0 cm³/mol. The van der Waals surface area contributed by atoms with Crippen LogP contribution in [0.4, 0.5) is 0 Å².